The fourth-order valence-electron chi connectivity index (χ4n) is 3.85. The molecule has 0 aliphatic heterocycles. The van der Waals surface area contributed by atoms with Crippen molar-refractivity contribution >= 4 is 11.5 Å². The molecule has 140 valence electrons. The highest BCUT2D eigenvalue weighted by Crippen LogP contribution is 2.30. The van der Waals surface area contributed by atoms with Crippen molar-refractivity contribution in [1.82, 2.24) is 10.3 Å². The van der Waals surface area contributed by atoms with Crippen molar-refractivity contribution in [2.24, 2.45) is 0 Å². The molecule has 2 aromatic carbocycles. The van der Waals surface area contributed by atoms with Gasteiger partial charge in [0.25, 0.3) is 0 Å². The lowest BCUT2D eigenvalue weighted by molar-refractivity contribution is -0.120. The van der Waals surface area contributed by atoms with Crippen molar-refractivity contribution in [2.45, 2.75) is 31.7 Å². The van der Waals surface area contributed by atoms with Crippen molar-refractivity contribution in [3.8, 4) is 0 Å². The monoisotopic (exact) mass is 368 g/mol. The van der Waals surface area contributed by atoms with Gasteiger partial charge in [-0.1, -0.05) is 66.7 Å². The normalized spacial score (nSPS) is 15.6. The molecule has 0 saturated heterocycles. The molecule has 1 atom stereocenters. The predicted octanol–water partition coefficient (Wildman–Crippen LogP) is 5.10. The van der Waals surface area contributed by atoms with Crippen molar-refractivity contribution in [3.63, 3.8) is 0 Å². The van der Waals surface area contributed by atoms with Gasteiger partial charge in [0.15, 0.2) is 0 Å². The molecule has 0 fully saturated rings. The Morgan fingerprint density at radius 2 is 1.75 bits per heavy atom. The summed E-state index contributed by atoms with van der Waals surface area (Å²) in [7, 11) is 0. The molecule has 0 bridgehead atoms. The molecule has 3 aromatic rings. The minimum Gasteiger partial charge on any atom is -0.345 e. The number of carbonyl (C=O) groups excluding carboxylic acids is 1. The highest BCUT2D eigenvalue weighted by molar-refractivity contribution is 5.81. The first kappa shape index (κ1) is 18.2. The van der Waals surface area contributed by atoms with Gasteiger partial charge in [-0.2, -0.15) is 0 Å². The van der Waals surface area contributed by atoms with Gasteiger partial charge in [0.2, 0.25) is 5.91 Å². The van der Waals surface area contributed by atoms with Gasteiger partial charge in [-0.05, 0) is 53.2 Å². The van der Waals surface area contributed by atoms with Crippen LogP contribution in [0.15, 0.2) is 85.2 Å². The average molecular weight is 368 g/mol. The molecule has 1 aliphatic carbocycles. The van der Waals surface area contributed by atoms with Gasteiger partial charge < -0.3 is 5.32 Å². The van der Waals surface area contributed by atoms with E-state index in [1.807, 2.05) is 48.7 Å². The highest BCUT2D eigenvalue weighted by atomic mass is 16.1. The zero-order valence-corrected chi connectivity index (χ0v) is 15.8. The van der Waals surface area contributed by atoms with Gasteiger partial charge in [0.05, 0.1) is 6.04 Å². The summed E-state index contributed by atoms with van der Waals surface area (Å²) in [6.45, 7) is 0. The SMILES string of the molecule is O=C(C/C=C1\CCCc2ccccc21)NC(c1ccccc1)c1cccnc1. The Morgan fingerprint density at radius 3 is 2.57 bits per heavy atom. The number of hydrogen-bond donors (Lipinski definition) is 1. The third-order valence-electron chi connectivity index (χ3n) is 5.25. The standard InChI is InChI=1S/C25H24N2O/c28-24(16-15-20-12-6-11-19-8-4-5-14-23(19)20)27-25(21-9-2-1-3-10-21)22-13-7-17-26-18-22/h1-5,7-10,13-15,17-18,25H,6,11-12,16H2,(H,27,28)/b20-15+. The number of allylic oxidation sites excluding steroid dienone is 1. The number of pyridine rings is 1. The molecule has 28 heavy (non-hydrogen) atoms. The summed E-state index contributed by atoms with van der Waals surface area (Å²) >= 11 is 0. The number of fused-ring (bicyclic) bond motifs is 1. The Labute approximate surface area is 166 Å². The first-order valence-electron chi connectivity index (χ1n) is 9.83. The lowest BCUT2D eigenvalue weighted by atomic mass is 9.87. The van der Waals surface area contributed by atoms with E-state index in [-0.39, 0.29) is 11.9 Å². The fourth-order valence-corrected chi connectivity index (χ4v) is 3.85. The zero-order chi connectivity index (χ0) is 19.2. The second-order valence-corrected chi connectivity index (χ2v) is 7.14. The molecule has 0 radical (unpaired) electrons. The first-order valence-corrected chi connectivity index (χ1v) is 9.83. The van der Waals surface area contributed by atoms with E-state index in [9.17, 15) is 4.79 Å². The van der Waals surface area contributed by atoms with Crippen LogP contribution < -0.4 is 5.32 Å². The average Bonchev–Trinajstić information content (AvgIpc) is 2.77. The molecule has 4 rings (SSSR count). The molecule has 1 amide bonds. The molecular formula is C25H24N2O. The summed E-state index contributed by atoms with van der Waals surface area (Å²) in [6.07, 6.45) is 9.34. The number of rotatable bonds is 5. The summed E-state index contributed by atoms with van der Waals surface area (Å²) < 4.78 is 0. The van der Waals surface area contributed by atoms with Gasteiger partial charge in [-0.15, -0.1) is 0 Å². The highest BCUT2D eigenvalue weighted by Gasteiger charge is 2.17. The van der Waals surface area contributed by atoms with Crippen LogP contribution in [0.25, 0.3) is 5.57 Å². The number of benzene rings is 2. The van der Waals surface area contributed by atoms with Crippen LogP contribution in [0, 0.1) is 0 Å². The number of hydrogen-bond acceptors (Lipinski definition) is 2. The topological polar surface area (TPSA) is 42.0 Å². The minimum absolute atomic E-state index is 0.0215. The summed E-state index contributed by atoms with van der Waals surface area (Å²) in [5, 5.41) is 3.19. The summed E-state index contributed by atoms with van der Waals surface area (Å²) in [4.78, 5) is 17.0. The van der Waals surface area contributed by atoms with Gasteiger partial charge in [-0.25, -0.2) is 0 Å². The third-order valence-corrected chi connectivity index (χ3v) is 5.25. The van der Waals surface area contributed by atoms with E-state index in [0.717, 1.165) is 30.4 Å². The van der Waals surface area contributed by atoms with Crippen molar-refractivity contribution in [3.05, 3.63) is 107 Å². The van der Waals surface area contributed by atoms with E-state index in [2.05, 4.69) is 40.6 Å². The molecule has 1 aromatic heterocycles. The smallest absolute Gasteiger partial charge is 0.224 e. The number of aryl methyl sites for hydroxylation is 1. The molecule has 1 unspecified atom stereocenters. The van der Waals surface area contributed by atoms with Crippen LogP contribution in [0.3, 0.4) is 0 Å². The van der Waals surface area contributed by atoms with Gasteiger partial charge >= 0.3 is 0 Å². The van der Waals surface area contributed by atoms with Gasteiger partial charge in [0.1, 0.15) is 0 Å². The Bertz CT molecular complexity index is 925. The summed E-state index contributed by atoms with van der Waals surface area (Å²) in [6, 6.07) is 22.3. The molecule has 1 aliphatic rings. The van der Waals surface area contributed by atoms with Gasteiger partial charge in [0, 0.05) is 18.8 Å². The van der Waals surface area contributed by atoms with Crippen LogP contribution in [0.4, 0.5) is 0 Å². The van der Waals surface area contributed by atoms with E-state index in [1.165, 1.54) is 16.7 Å². The number of aromatic nitrogens is 1. The molecule has 1 heterocycles. The minimum atomic E-state index is -0.195. The lowest BCUT2D eigenvalue weighted by Gasteiger charge is -2.20. The van der Waals surface area contributed by atoms with E-state index < -0.39 is 0 Å². The molecule has 1 N–H and O–H groups in total. The Hall–Kier alpha value is -3.20. The molecule has 0 saturated carbocycles. The second-order valence-electron chi connectivity index (χ2n) is 7.14. The number of carbonyl (C=O) groups is 1. The number of amides is 1. The maximum Gasteiger partial charge on any atom is 0.224 e. The van der Waals surface area contributed by atoms with Crippen LogP contribution in [0.1, 0.15) is 47.6 Å². The Morgan fingerprint density at radius 1 is 0.964 bits per heavy atom. The van der Waals surface area contributed by atoms with Crippen molar-refractivity contribution in [1.29, 1.82) is 0 Å². The molecule has 3 heteroatoms. The number of nitrogens with zero attached hydrogens (tertiary/aromatic N) is 1. The van der Waals surface area contributed by atoms with E-state index in [1.54, 1.807) is 6.20 Å². The zero-order valence-electron chi connectivity index (χ0n) is 15.8. The van der Waals surface area contributed by atoms with Crippen LogP contribution in [-0.4, -0.2) is 10.9 Å². The van der Waals surface area contributed by atoms with Crippen molar-refractivity contribution in [2.75, 3.05) is 0 Å². The van der Waals surface area contributed by atoms with Crippen LogP contribution >= 0.6 is 0 Å². The van der Waals surface area contributed by atoms with Crippen LogP contribution in [-0.2, 0) is 11.2 Å². The maximum absolute atomic E-state index is 12.8. The van der Waals surface area contributed by atoms with E-state index in [0.29, 0.717) is 6.42 Å². The molecule has 0 spiro atoms. The summed E-state index contributed by atoms with van der Waals surface area (Å²) in [5.41, 5.74) is 6.01. The Kier molecular flexibility index (Phi) is 5.62. The van der Waals surface area contributed by atoms with Crippen LogP contribution in [0.2, 0.25) is 0 Å². The Balaban J connectivity index is 1.52. The van der Waals surface area contributed by atoms with Crippen LogP contribution in [0.5, 0.6) is 0 Å². The first-order chi connectivity index (χ1) is 13.8. The van der Waals surface area contributed by atoms with E-state index >= 15 is 0 Å². The third kappa shape index (κ3) is 4.20. The second kappa shape index (κ2) is 8.66. The largest absolute Gasteiger partial charge is 0.345 e. The maximum atomic E-state index is 12.8. The fraction of sp³-hybridized carbons (Fsp3) is 0.200. The van der Waals surface area contributed by atoms with Crippen molar-refractivity contribution < 1.29 is 4.79 Å². The lowest BCUT2D eigenvalue weighted by Crippen LogP contribution is -2.28. The molecule has 3 nitrogen and oxygen atoms in total. The molecular weight excluding hydrogens is 344 g/mol. The summed E-state index contributed by atoms with van der Waals surface area (Å²) in [5.74, 6) is 0.0215. The predicted molar refractivity (Wildman–Crippen MR) is 113 cm³/mol. The van der Waals surface area contributed by atoms with Gasteiger partial charge in [-0.3, -0.25) is 9.78 Å². The number of nitrogens with one attached hydrogen (secondary N) is 1. The quantitative estimate of drug-likeness (QED) is 0.681. The van der Waals surface area contributed by atoms with E-state index in [4.69, 9.17) is 0 Å².